The van der Waals surface area contributed by atoms with Gasteiger partial charge in [-0.3, -0.25) is 24.7 Å². The minimum Gasteiger partial charge on any atom is -0.481 e. The van der Waals surface area contributed by atoms with Crippen LogP contribution in [0.2, 0.25) is 0 Å². The van der Waals surface area contributed by atoms with Crippen LogP contribution in [-0.4, -0.2) is 152 Å². The van der Waals surface area contributed by atoms with Crippen molar-refractivity contribution in [1.29, 1.82) is 0 Å². The van der Waals surface area contributed by atoms with E-state index >= 15 is 0 Å². The lowest BCUT2D eigenvalue weighted by Crippen LogP contribution is -2.32. The van der Waals surface area contributed by atoms with E-state index in [2.05, 4.69) is 0 Å². The monoisotopic (exact) mass is 503 g/mol. The Labute approximate surface area is 198 Å². The zero-order valence-electron chi connectivity index (χ0n) is 19.4. The molecule has 0 radical (unpaired) electrons. The van der Waals surface area contributed by atoms with Crippen molar-refractivity contribution in [3.8, 4) is 0 Å². The third-order valence-electron chi connectivity index (χ3n) is 4.16. The van der Waals surface area contributed by atoms with Crippen molar-refractivity contribution in [3.05, 3.63) is 10.1 Å². The zero-order chi connectivity index (χ0) is 26.8. The van der Waals surface area contributed by atoms with Crippen LogP contribution in [0.25, 0.3) is 0 Å². The van der Waals surface area contributed by atoms with Gasteiger partial charge in [0.1, 0.15) is 0 Å². The Kier molecular flexibility index (Phi) is 29.3. The van der Waals surface area contributed by atoms with Crippen LogP contribution in [0, 0.1) is 10.1 Å². The molecule has 0 heterocycles. The fourth-order valence-corrected chi connectivity index (χ4v) is 2.45. The number of aliphatic carboxylic acids is 2. The van der Waals surface area contributed by atoms with Crippen molar-refractivity contribution in [3.63, 3.8) is 0 Å². The van der Waals surface area contributed by atoms with Gasteiger partial charge in [-0.2, -0.15) is 0 Å². The molecule has 0 aliphatic carbocycles. The van der Waals surface area contributed by atoms with Crippen molar-refractivity contribution in [2.24, 2.45) is 0 Å². The third kappa shape index (κ3) is 26.3. The molecule has 15 nitrogen and oxygen atoms in total. The molecule has 0 aromatic rings. The van der Waals surface area contributed by atoms with Gasteiger partial charge < -0.3 is 40.9 Å². The van der Waals surface area contributed by atoms with Crippen LogP contribution in [0.5, 0.6) is 0 Å². The van der Waals surface area contributed by atoms with Gasteiger partial charge >= 0.3 is 18.0 Å². The number of aliphatic hydroxyl groups is 6. The number of rotatable bonds is 19. The minimum atomic E-state index is -1.62. The van der Waals surface area contributed by atoms with Crippen molar-refractivity contribution >= 4 is 11.9 Å². The molecule has 0 spiro atoms. The molecule has 0 saturated carbocycles. The smallest absolute Gasteiger partial charge is 0.379 e. The summed E-state index contributed by atoms with van der Waals surface area (Å²) in [6.45, 7) is 3.51. The fraction of sp³-hybridized carbons (Fsp3) is 0.895. The molecule has 34 heavy (non-hydrogen) atoms. The Morgan fingerprint density at radius 3 is 1.21 bits per heavy atom. The molecular formula is C19H41N3O12. The van der Waals surface area contributed by atoms with Gasteiger partial charge in [0.25, 0.3) is 0 Å². The van der Waals surface area contributed by atoms with Gasteiger partial charge in [-0.15, -0.1) is 0 Å². The molecule has 15 heteroatoms. The number of nitrogens with zero attached hydrogens (tertiary/aromatic N) is 3. The molecule has 0 aliphatic heterocycles. The van der Waals surface area contributed by atoms with Gasteiger partial charge in [-0.05, 0) is 12.8 Å². The highest BCUT2D eigenvalue weighted by Gasteiger charge is 2.28. The maximum Gasteiger partial charge on any atom is 0.379 e. The first-order valence-corrected chi connectivity index (χ1v) is 10.8. The summed E-state index contributed by atoms with van der Waals surface area (Å²) in [4.78, 5) is 33.3. The molecule has 0 amide bonds. The summed E-state index contributed by atoms with van der Waals surface area (Å²) in [5.74, 6) is -2.47. The van der Waals surface area contributed by atoms with E-state index in [1.165, 1.54) is 0 Å². The number of nitro groups is 1. The lowest BCUT2D eigenvalue weighted by Gasteiger charge is -2.17. The van der Waals surface area contributed by atoms with Crippen LogP contribution in [-0.2, 0) is 9.59 Å². The average molecular weight is 504 g/mol. The van der Waals surface area contributed by atoms with Crippen LogP contribution in [0.15, 0.2) is 0 Å². The first kappa shape index (κ1) is 36.6. The van der Waals surface area contributed by atoms with Gasteiger partial charge in [-0.25, -0.2) is 4.79 Å². The van der Waals surface area contributed by atoms with E-state index in [0.717, 1.165) is 0 Å². The summed E-state index contributed by atoms with van der Waals surface area (Å²) in [7, 11) is 0. The second kappa shape index (κ2) is 27.3. The lowest BCUT2D eigenvalue weighted by molar-refractivity contribution is -0.511. The molecule has 8 N–H and O–H groups in total. The SMILES string of the molecule is O=C(O)CCCCC(C(=O)O)[N+](=O)[O-].OCCN(CCO)CCO.OCCN(CCO)CCO. The maximum absolute atomic E-state index is 10.3. The average Bonchev–Trinajstić information content (AvgIpc) is 2.75. The normalized spacial score (nSPS) is 11.3. The van der Waals surface area contributed by atoms with Crippen LogP contribution < -0.4 is 0 Å². The Hall–Kier alpha value is -1.98. The predicted molar refractivity (Wildman–Crippen MR) is 120 cm³/mol. The maximum atomic E-state index is 10.3. The summed E-state index contributed by atoms with van der Waals surface area (Å²) in [6, 6.07) is -1.62. The number of aliphatic hydroxyl groups excluding tert-OH is 6. The highest BCUT2D eigenvalue weighted by molar-refractivity contribution is 5.71. The van der Waals surface area contributed by atoms with Crippen molar-refractivity contribution in [2.45, 2.75) is 31.7 Å². The highest BCUT2D eigenvalue weighted by atomic mass is 16.6. The first-order valence-electron chi connectivity index (χ1n) is 10.8. The Balaban J connectivity index is -0.000000434. The van der Waals surface area contributed by atoms with Crippen LogP contribution in [0.3, 0.4) is 0 Å². The summed E-state index contributed by atoms with van der Waals surface area (Å²) < 4.78 is 0. The highest BCUT2D eigenvalue weighted by Crippen LogP contribution is 2.06. The van der Waals surface area contributed by atoms with E-state index in [1.807, 2.05) is 0 Å². The number of unbranched alkanes of at least 4 members (excludes halogenated alkanes) is 1. The molecule has 1 atom stereocenters. The quantitative estimate of drug-likeness (QED) is 0.0494. The van der Waals surface area contributed by atoms with Gasteiger partial charge in [0.15, 0.2) is 0 Å². The van der Waals surface area contributed by atoms with E-state index in [0.29, 0.717) is 39.3 Å². The van der Waals surface area contributed by atoms with Gasteiger partial charge in [0.2, 0.25) is 0 Å². The standard InChI is InChI=1S/C7H11NO6.2C6H15NO3/c9-6(10)4-2-1-3-5(7(11)12)8(13)14;2*8-4-1-7(2-5-9)3-6-10/h5H,1-4H2,(H,9,10)(H,11,12);2*8-10H,1-6H2. The largest absolute Gasteiger partial charge is 0.481 e. The lowest BCUT2D eigenvalue weighted by atomic mass is 10.1. The first-order chi connectivity index (χ1) is 16.1. The Bertz CT molecular complexity index is 439. The fourth-order valence-electron chi connectivity index (χ4n) is 2.45. The van der Waals surface area contributed by atoms with E-state index in [1.54, 1.807) is 9.80 Å². The van der Waals surface area contributed by atoms with Crippen LogP contribution in [0.1, 0.15) is 25.7 Å². The third-order valence-corrected chi connectivity index (χ3v) is 4.16. The summed E-state index contributed by atoms with van der Waals surface area (Å²) in [6.07, 6.45) is 0.261. The van der Waals surface area contributed by atoms with Crippen molar-refractivity contribution in [1.82, 2.24) is 9.80 Å². The number of carboxylic acid groups (broad SMARTS) is 2. The zero-order valence-corrected chi connectivity index (χ0v) is 19.4. The summed E-state index contributed by atoms with van der Waals surface area (Å²) in [5.41, 5.74) is 0. The summed E-state index contributed by atoms with van der Waals surface area (Å²) >= 11 is 0. The number of carboxylic acids is 2. The van der Waals surface area contributed by atoms with Gasteiger partial charge in [0, 0.05) is 57.0 Å². The van der Waals surface area contributed by atoms with Crippen LogP contribution in [0.4, 0.5) is 0 Å². The van der Waals surface area contributed by atoms with Gasteiger partial charge in [0.05, 0.1) is 39.6 Å². The molecule has 0 saturated heterocycles. The number of hydrogen-bond donors (Lipinski definition) is 8. The van der Waals surface area contributed by atoms with Crippen LogP contribution >= 0.6 is 0 Å². The molecule has 0 fully saturated rings. The number of hydrogen-bond acceptors (Lipinski definition) is 12. The van der Waals surface area contributed by atoms with E-state index in [9.17, 15) is 19.7 Å². The topological polar surface area (TPSA) is 246 Å². The Morgan fingerprint density at radius 2 is 1.00 bits per heavy atom. The molecule has 0 bridgehead atoms. The van der Waals surface area contributed by atoms with E-state index < -0.39 is 22.9 Å². The molecule has 204 valence electrons. The second-order valence-electron chi connectivity index (χ2n) is 6.80. The minimum absolute atomic E-state index is 0.0694. The summed E-state index contributed by atoms with van der Waals surface area (Å²) in [5, 5.41) is 77.7. The molecule has 1 unspecified atom stereocenters. The Morgan fingerprint density at radius 1 is 0.676 bits per heavy atom. The molecular weight excluding hydrogens is 462 g/mol. The van der Waals surface area contributed by atoms with Gasteiger partial charge in [-0.1, -0.05) is 0 Å². The van der Waals surface area contributed by atoms with E-state index in [-0.39, 0.29) is 65.3 Å². The predicted octanol–water partition coefficient (Wildman–Crippen LogP) is -3.11. The van der Waals surface area contributed by atoms with Crippen molar-refractivity contribution < 1.29 is 55.4 Å². The van der Waals surface area contributed by atoms with E-state index in [4.69, 9.17) is 40.9 Å². The molecule has 0 aliphatic rings. The van der Waals surface area contributed by atoms with Crippen molar-refractivity contribution in [2.75, 3.05) is 78.9 Å². The second-order valence-corrected chi connectivity index (χ2v) is 6.80. The molecule has 0 rings (SSSR count). The number of carbonyl (C=O) groups is 2. The molecule has 0 aromatic heterocycles. The molecule has 0 aromatic carbocycles.